The van der Waals surface area contributed by atoms with Gasteiger partial charge in [0.1, 0.15) is 6.10 Å². The fraction of sp³-hybridized carbons (Fsp3) is 0.462. The molecule has 0 bridgehead atoms. The molecule has 1 aliphatic rings. The number of imidazole rings is 1. The average molecular weight is 409 g/mol. The Labute approximate surface area is 142 Å². The van der Waals surface area contributed by atoms with Crippen LogP contribution in [0.3, 0.4) is 0 Å². The number of alkyl halides is 3. The van der Waals surface area contributed by atoms with Gasteiger partial charge in [0.2, 0.25) is 5.88 Å². The van der Waals surface area contributed by atoms with Gasteiger partial charge in [-0.25, -0.2) is 9.50 Å². The van der Waals surface area contributed by atoms with Gasteiger partial charge in [-0.1, -0.05) is 0 Å². The van der Waals surface area contributed by atoms with Crippen LogP contribution in [0.2, 0.25) is 0 Å². The zero-order valence-corrected chi connectivity index (χ0v) is 13.7. The molecule has 2 aromatic rings. The molecule has 0 radical (unpaired) electrons. The highest BCUT2D eigenvalue weighted by molar-refractivity contribution is 9.10. The van der Waals surface area contributed by atoms with E-state index in [0.29, 0.717) is 19.1 Å². The summed E-state index contributed by atoms with van der Waals surface area (Å²) >= 11 is 3.09. The summed E-state index contributed by atoms with van der Waals surface area (Å²) in [6.45, 7) is 1.21. The van der Waals surface area contributed by atoms with Crippen molar-refractivity contribution >= 4 is 33.3 Å². The maximum Gasteiger partial charge on any atom is 0.471 e. The molecule has 1 fully saturated rings. The predicted molar refractivity (Wildman–Crippen MR) is 79.8 cm³/mol. The SMILES string of the molecule is O=C(Nc1nc2ccc(OC3CCOCC3)nn2c1Br)C(F)(F)F. The molecule has 0 atom stereocenters. The molecule has 1 N–H and O–H groups in total. The molecular weight excluding hydrogens is 397 g/mol. The second-order valence-corrected chi connectivity index (χ2v) is 5.83. The van der Waals surface area contributed by atoms with Gasteiger partial charge >= 0.3 is 12.1 Å². The quantitative estimate of drug-likeness (QED) is 0.844. The van der Waals surface area contributed by atoms with Crippen LogP contribution in [-0.2, 0) is 9.53 Å². The topological polar surface area (TPSA) is 77.8 Å². The van der Waals surface area contributed by atoms with E-state index in [1.165, 1.54) is 10.6 Å². The Bertz CT molecular complexity index is 759. The van der Waals surface area contributed by atoms with Crippen molar-refractivity contribution in [3.8, 4) is 5.88 Å². The lowest BCUT2D eigenvalue weighted by Crippen LogP contribution is -2.30. The molecule has 24 heavy (non-hydrogen) atoms. The van der Waals surface area contributed by atoms with E-state index in [1.54, 1.807) is 11.4 Å². The first-order valence-corrected chi connectivity index (χ1v) is 7.82. The summed E-state index contributed by atoms with van der Waals surface area (Å²) in [6.07, 6.45) is -3.56. The first-order chi connectivity index (χ1) is 11.3. The van der Waals surface area contributed by atoms with Crippen LogP contribution in [0.4, 0.5) is 19.0 Å². The second-order valence-electron chi connectivity index (χ2n) is 5.07. The summed E-state index contributed by atoms with van der Waals surface area (Å²) in [5.41, 5.74) is 0.263. The third-order valence-corrected chi connectivity index (χ3v) is 4.05. The molecule has 3 rings (SSSR count). The van der Waals surface area contributed by atoms with Gasteiger partial charge in [-0.15, -0.1) is 5.10 Å². The molecule has 7 nitrogen and oxygen atoms in total. The Balaban J connectivity index is 1.82. The van der Waals surface area contributed by atoms with Crippen LogP contribution in [0.1, 0.15) is 12.8 Å². The first kappa shape index (κ1) is 17.0. The van der Waals surface area contributed by atoms with Gasteiger partial charge < -0.3 is 14.8 Å². The van der Waals surface area contributed by atoms with Gasteiger partial charge in [0.05, 0.1) is 13.2 Å². The summed E-state index contributed by atoms with van der Waals surface area (Å²) in [5.74, 6) is -2.07. The van der Waals surface area contributed by atoms with E-state index in [1.807, 2.05) is 0 Å². The average Bonchev–Trinajstić information content (AvgIpc) is 2.84. The molecule has 0 saturated carbocycles. The lowest BCUT2D eigenvalue weighted by atomic mass is 10.2. The summed E-state index contributed by atoms with van der Waals surface area (Å²) in [6, 6.07) is 3.11. The molecule has 1 amide bonds. The number of halogens is 4. The van der Waals surface area contributed by atoms with Crippen molar-refractivity contribution in [3.63, 3.8) is 0 Å². The summed E-state index contributed by atoms with van der Waals surface area (Å²) < 4.78 is 49.3. The highest BCUT2D eigenvalue weighted by atomic mass is 79.9. The second kappa shape index (κ2) is 6.55. The van der Waals surface area contributed by atoms with E-state index in [2.05, 4.69) is 26.0 Å². The largest absolute Gasteiger partial charge is 0.473 e. The van der Waals surface area contributed by atoms with Crippen LogP contribution in [-0.4, -0.2) is 46.0 Å². The monoisotopic (exact) mass is 408 g/mol. The van der Waals surface area contributed by atoms with E-state index < -0.39 is 12.1 Å². The summed E-state index contributed by atoms with van der Waals surface area (Å²) in [4.78, 5) is 14.9. The Hall–Kier alpha value is -1.88. The van der Waals surface area contributed by atoms with Gasteiger partial charge in [0.15, 0.2) is 16.1 Å². The summed E-state index contributed by atoms with van der Waals surface area (Å²) in [7, 11) is 0. The molecule has 1 aliphatic heterocycles. The van der Waals surface area contributed by atoms with Crippen LogP contribution < -0.4 is 10.1 Å². The molecule has 11 heteroatoms. The first-order valence-electron chi connectivity index (χ1n) is 7.02. The number of nitrogens with zero attached hydrogens (tertiary/aromatic N) is 3. The van der Waals surface area contributed by atoms with Crippen LogP contribution in [0.15, 0.2) is 16.7 Å². The minimum Gasteiger partial charge on any atom is -0.473 e. The van der Waals surface area contributed by atoms with Gasteiger partial charge in [-0.2, -0.15) is 13.2 Å². The number of carbonyl (C=O) groups is 1. The van der Waals surface area contributed by atoms with Crippen LogP contribution >= 0.6 is 15.9 Å². The van der Waals surface area contributed by atoms with Gasteiger partial charge in [0, 0.05) is 18.9 Å². The van der Waals surface area contributed by atoms with Crippen LogP contribution in [0.5, 0.6) is 5.88 Å². The van der Waals surface area contributed by atoms with Crippen molar-refractivity contribution in [1.82, 2.24) is 14.6 Å². The van der Waals surface area contributed by atoms with Gasteiger partial charge in [-0.05, 0) is 22.0 Å². The van der Waals surface area contributed by atoms with Crippen molar-refractivity contribution in [2.75, 3.05) is 18.5 Å². The van der Waals surface area contributed by atoms with E-state index in [9.17, 15) is 18.0 Å². The highest BCUT2D eigenvalue weighted by Gasteiger charge is 2.39. The van der Waals surface area contributed by atoms with Crippen molar-refractivity contribution < 1.29 is 27.4 Å². The third-order valence-electron chi connectivity index (χ3n) is 3.34. The number of rotatable bonds is 3. The van der Waals surface area contributed by atoms with Crippen molar-refractivity contribution in [2.24, 2.45) is 0 Å². The number of hydrogen-bond donors (Lipinski definition) is 1. The number of hydrogen-bond acceptors (Lipinski definition) is 5. The van der Waals surface area contributed by atoms with Gasteiger partial charge in [0.25, 0.3) is 0 Å². The van der Waals surface area contributed by atoms with Gasteiger partial charge in [-0.3, -0.25) is 4.79 Å². The van der Waals surface area contributed by atoms with E-state index in [4.69, 9.17) is 9.47 Å². The molecule has 0 unspecified atom stereocenters. The van der Waals surface area contributed by atoms with Crippen molar-refractivity contribution in [2.45, 2.75) is 25.1 Å². The lowest BCUT2D eigenvalue weighted by molar-refractivity contribution is -0.167. The number of anilines is 1. The van der Waals surface area contributed by atoms with E-state index >= 15 is 0 Å². The number of fused-ring (bicyclic) bond motifs is 1. The Morgan fingerprint density at radius 3 is 2.75 bits per heavy atom. The Morgan fingerprint density at radius 1 is 1.38 bits per heavy atom. The zero-order chi connectivity index (χ0) is 17.3. The van der Waals surface area contributed by atoms with Crippen molar-refractivity contribution in [1.29, 1.82) is 0 Å². The highest BCUT2D eigenvalue weighted by Crippen LogP contribution is 2.26. The fourth-order valence-corrected chi connectivity index (χ4v) is 2.62. The zero-order valence-electron chi connectivity index (χ0n) is 12.1. The molecule has 130 valence electrons. The third kappa shape index (κ3) is 3.61. The molecule has 3 heterocycles. The van der Waals surface area contributed by atoms with Crippen LogP contribution in [0.25, 0.3) is 5.65 Å². The summed E-state index contributed by atoms with van der Waals surface area (Å²) in [5, 5.41) is 5.87. The Kier molecular flexibility index (Phi) is 4.63. The smallest absolute Gasteiger partial charge is 0.471 e. The maximum absolute atomic E-state index is 12.3. The minimum atomic E-state index is -5.00. The molecule has 0 spiro atoms. The predicted octanol–water partition coefficient (Wildman–Crippen LogP) is 2.55. The minimum absolute atomic E-state index is 0.0320. The normalized spacial score (nSPS) is 16.3. The maximum atomic E-state index is 12.3. The molecule has 2 aromatic heterocycles. The van der Waals surface area contributed by atoms with E-state index in [0.717, 1.165) is 12.8 Å². The fourth-order valence-electron chi connectivity index (χ4n) is 2.17. The molecule has 0 aromatic carbocycles. The number of amides is 1. The number of carbonyl (C=O) groups excluding carboxylic acids is 1. The molecule has 1 saturated heterocycles. The van der Waals surface area contributed by atoms with E-state index in [-0.39, 0.29) is 22.2 Å². The Morgan fingerprint density at radius 2 is 2.08 bits per heavy atom. The van der Waals surface area contributed by atoms with Crippen LogP contribution in [0, 0.1) is 0 Å². The molecular formula is C13H12BrF3N4O3. The standard InChI is InChI=1S/C13H12BrF3N4O3/c14-10-11(19-12(22)13(15,16)17)18-8-1-2-9(20-21(8)10)24-7-3-5-23-6-4-7/h1-2,7H,3-6H2,(H,19,22). The number of nitrogens with one attached hydrogen (secondary N) is 1. The number of ether oxygens (including phenoxy) is 2. The van der Waals surface area contributed by atoms with Crippen molar-refractivity contribution in [3.05, 3.63) is 16.7 Å². The molecule has 0 aliphatic carbocycles. The lowest BCUT2D eigenvalue weighted by Gasteiger charge is -2.22. The number of aromatic nitrogens is 3.